The van der Waals surface area contributed by atoms with Gasteiger partial charge in [-0.15, -0.1) is 0 Å². The van der Waals surface area contributed by atoms with Crippen LogP contribution in [0.25, 0.3) is 0 Å². The fourth-order valence-electron chi connectivity index (χ4n) is 2.19. The molecule has 0 aromatic rings. The average Bonchev–Trinajstić information content (AvgIpc) is 2.28. The van der Waals surface area contributed by atoms with Crippen LogP contribution in [0.2, 0.25) is 0 Å². The van der Waals surface area contributed by atoms with E-state index in [1.165, 1.54) is 12.2 Å². The molecule has 0 unspecified atom stereocenters. The number of amides is 1. The Morgan fingerprint density at radius 3 is 2.94 bits per heavy atom. The van der Waals surface area contributed by atoms with E-state index in [1.54, 1.807) is 0 Å². The van der Waals surface area contributed by atoms with Crippen molar-refractivity contribution in [2.24, 2.45) is 11.7 Å². The van der Waals surface area contributed by atoms with Gasteiger partial charge in [0.25, 0.3) is 0 Å². The summed E-state index contributed by atoms with van der Waals surface area (Å²) in [6.45, 7) is 0.825. The minimum absolute atomic E-state index is 0.171. The van der Waals surface area contributed by atoms with Gasteiger partial charge in [-0.05, 0) is 44.1 Å². The molecule has 2 atom stereocenters. The van der Waals surface area contributed by atoms with Gasteiger partial charge in [0.1, 0.15) is 0 Å². The number of nitrogens with one attached hydrogen (secondary N) is 1. The molecule has 0 aromatic carbocycles. The standard InChI is InChI=1S/C12H24N2OS/c1-16-8-3-2-7-14-12(15)10-5-4-6-11(13)9-10/h10-11H,2-9,13H2,1H3,(H,14,15)/t10-,11+/m1/s1. The number of hydrogen-bond acceptors (Lipinski definition) is 3. The lowest BCUT2D eigenvalue weighted by Gasteiger charge is -2.25. The third kappa shape index (κ3) is 5.21. The van der Waals surface area contributed by atoms with Gasteiger partial charge in [-0.25, -0.2) is 0 Å². The molecule has 0 heterocycles. The molecule has 0 bridgehead atoms. The van der Waals surface area contributed by atoms with Crippen molar-refractivity contribution in [3.63, 3.8) is 0 Å². The average molecular weight is 244 g/mol. The molecule has 3 N–H and O–H groups in total. The van der Waals surface area contributed by atoms with Crippen LogP contribution >= 0.6 is 11.8 Å². The van der Waals surface area contributed by atoms with E-state index >= 15 is 0 Å². The van der Waals surface area contributed by atoms with Crippen LogP contribution in [0.5, 0.6) is 0 Å². The lowest BCUT2D eigenvalue weighted by molar-refractivity contribution is -0.126. The molecule has 0 saturated heterocycles. The van der Waals surface area contributed by atoms with E-state index in [2.05, 4.69) is 11.6 Å². The predicted molar refractivity (Wildman–Crippen MR) is 70.6 cm³/mol. The first-order valence-corrected chi connectivity index (χ1v) is 7.65. The highest BCUT2D eigenvalue weighted by Gasteiger charge is 2.24. The first-order valence-electron chi connectivity index (χ1n) is 6.26. The highest BCUT2D eigenvalue weighted by molar-refractivity contribution is 7.98. The van der Waals surface area contributed by atoms with Crippen LogP contribution in [0.15, 0.2) is 0 Å². The zero-order valence-electron chi connectivity index (χ0n) is 10.2. The Bertz CT molecular complexity index is 211. The van der Waals surface area contributed by atoms with E-state index in [4.69, 9.17) is 5.73 Å². The summed E-state index contributed by atoms with van der Waals surface area (Å²) in [5.41, 5.74) is 5.87. The van der Waals surface area contributed by atoms with Gasteiger partial charge in [-0.1, -0.05) is 6.42 Å². The molecule has 1 fully saturated rings. The van der Waals surface area contributed by atoms with Gasteiger partial charge < -0.3 is 11.1 Å². The van der Waals surface area contributed by atoms with Crippen molar-refractivity contribution < 1.29 is 4.79 Å². The van der Waals surface area contributed by atoms with Gasteiger partial charge in [-0.3, -0.25) is 4.79 Å². The number of thioether (sulfide) groups is 1. The van der Waals surface area contributed by atoms with Crippen LogP contribution in [0.4, 0.5) is 0 Å². The van der Waals surface area contributed by atoms with E-state index in [0.29, 0.717) is 0 Å². The van der Waals surface area contributed by atoms with Gasteiger partial charge in [0.2, 0.25) is 5.91 Å². The highest BCUT2D eigenvalue weighted by Crippen LogP contribution is 2.22. The molecular formula is C12H24N2OS. The quantitative estimate of drug-likeness (QED) is 0.700. The summed E-state index contributed by atoms with van der Waals surface area (Å²) in [6, 6.07) is 0.237. The second-order valence-electron chi connectivity index (χ2n) is 4.61. The summed E-state index contributed by atoms with van der Waals surface area (Å²) in [4.78, 5) is 11.8. The summed E-state index contributed by atoms with van der Waals surface area (Å²) in [6.07, 6.45) is 8.46. The molecule has 1 amide bonds. The summed E-state index contributed by atoms with van der Waals surface area (Å²) in [5, 5.41) is 3.03. The largest absolute Gasteiger partial charge is 0.356 e. The second-order valence-corrected chi connectivity index (χ2v) is 5.60. The van der Waals surface area contributed by atoms with Gasteiger partial charge >= 0.3 is 0 Å². The van der Waals surface area contributed by atoms with Crippen LogP contribution in [-0.4, -0.2) is 30.5 Å². The Balaban J connectivity index is 2.09. The second kappa shape index (κ2) is 7.96. The lowest BCUT2D eigenvalue weighted by atomic mass is 9.85. The van der Waals surface area contributed by atoms with E-state index in [0.717, 1.165) is 38.6 Å². The molecule has 1 saturated carbocycles. The molecule has 0 aliphatic heterocycles. The number of carbonyl (C=O) groups is 1. The molecule has 0 spiro atoms. The predicted octanol–water partition coefficient (Wildman–Crippen LogP) is 1.76. The molecule has 1 aliphatic rings. The van der Waals surface area contributed by atoms with Gasteiger partial charge in [0.15, 0.2) is 0 Å². The van der Waals surface area contributed by atoms with Crippen LogP contribution in [0.1, 0.15) is 38.5 Å². The summed E-state index contributed by atoms with van der Waals surface area (Å²) in [7, 11) is 0. The first-order chi connectivity index (χ1) is 7.74. The minimum atomic E-state index is 0.171. The maximum Gasteiger partial charge on any atom is 0.223 e. The fraction of sp³-hybridized carbons (Fsp3) is 0.917. The number of hydrogen-bond donors (Lipinski definition) is 2. The molecular weight excluding hydrogens is 220 g/mol. The van der Waals surface area contributed by atoms with E-state index < -0.39 is 0 Å². The Labute approximate surface area is 103 Å². The molecule has 1 rings (SSSR count). The zero-order valence-corrected chi connectivity index (χ0v) is 11.0. The Hall–Kier alpha value is -0.220. The fourth-order valence-corrected chi connectivity index (χ4v) is 2.69. The third-order valence-corrected chi connectivity index (χ3v) is 3.86. The summed E-state index contributed by atoms with van der Waals surface area (Å²) >= 11 is 1.86. The van der Waals surface area contributed by atoms with E-state index in [1.807, 2.05) is 11.8 Å². The molecule has 94 valence electrons. The molecule has 1 aliphatic carbocycles. The van der Waals surface area contributed by atoms with Crippen molar-refractivity contribution in [3.8, 4) is 0 Å². The van der Waals surface area contributed by atoms with Crippen molar-refractivity contribution in [1.29, 1.82) is 0 Å². The van der Waals surface area contributed by atoms with Crippen molar-refractivity contribution in [1.82, 2.24) is 5.32 Å². The Morgan fingerprint density at radius 1 is 1.44 bits per heavy atom. The van der Waals surface area contributed by atoms with Gasteiger partial charge in [0.05, 0.1) is 0 Å². The maximum atomic E-state index is 11.8. The molecule has 16 heavy (non-hydrogen) atoms. The van der Waals surface area contributed by atoms with Crippen molar-refractivity contribution in [3.05, 3.63) is 0 Å². The maximum absolute atomic E-state index is 11.8. The number of nitrogens with two attached hydrogens (primary N) is 1. The molecule has 0 aromatic heterocycles. The molecule has 0 radical (unpaired) electrons. The van der Waals surface area contributed by atoms with Crippen LogP contribution in [0.3, 0.4) is 0 Å². The monoisotopic (exact) mass is 244 g/mol. The number of carbonyl (C=O) groups excluding carboxylic acids is 1. The number of rotatable bonds is 6. The summed E-state index contributed by atoms with van der Waals surface area (Å²) in [5.74, 6) is 1.58. The zero-order chi connectivity index (χ0) is 11.8. The lowest BCUT2D eigenvalue weighted by Crippen LogP contribution is -2.38. The first kappa shape index (κ1) is 13.8. The molecule has 4 heteroatoms. The van der Waals surface area contributed by atoms with Crippen LogP contribution < -0.4 is 11.1 Å². The third-order valence-electron chi connectivity index (χ3n) is 3.16. The normalized spacial score (nSPS) is 25.4. The van der Waals surface area contributed by atoms with E-state index in [9.17, 15) is 4.79 Å². The van der Waals surface area contributed by atoms with Crippen LogP contribution in [0, 0.1) is 5.92 Å². The van der Waals surface area contributed by atoms with Gasteiger partial charge in [0, 0.05) is 18.5 Å². The Morgan fingerprint density at radius 2 is 2.25 bits per heavy atom. The van der Waals surface area contributed by atoms with Gasteiger partial charge in [-0.2, -0.15) is 11.8 Å². The molecule has 3 nitrogen and oxygen atoms in total. The van der Waals surface area contributed by atoms with Crippen molar-refractivity contribution in [2.75, 3.05) is 18.6 Å². The minimum Gasteiger partial charge on any atom is -0.356 e. The SMILES string of the molecule is CSCCCCNC(=O)[C@@H]1CCC[C@H](N)C1. The van der Waals surface area contributed by atoms with Crippen molar-refractivity contribution in [2.45, 2.75) is 44.6 Å². The highest BCUT2D eigenvalue weighted by atomic mass is 32.2. The smallest absolute Gasteiger partial charge is 0.223 e. The topological polar surface area (TPSA) is 55.1 Å². The van der Waals surface area contributed by atoms with E-state index in [-0.39, 0.29) is 17.9 Å². The summed E-state index contributed by atoms with van der Waals surface area (Å²) < 4.78 is 0. The van der Waals surface area contributed by atoms with Crippen LogP contribution in [-0.2, 0) is 4.79 Å². The van der Waals surface area contributed by atoms with Crippen molar-refractivity contribution >= 4 is 17.7 Å². The number of unbranched alkanes of at least 4 members (excludes halogenated alkanes) is 1. The Kier molecular flexibility index (Phi) is 6.88.